The van der Waals surface area contributed by atoms with Crippen LogP contribution in [0.2, 0.25) is 0 Å². The highest BCUT2D eigenvalue weighted by atomic mass is 16.5. The van der Waals surface area contributed by atoms with Crippen LogP contribution in [0.5, 0.6) is 5.75 Å². The van der Waals surface area contributed by atoms with Crippen molar-refractivity contribution in [2.45, 2.75) is 25.3 Å². The first kappa shape index (κ1) is 14.3. The quantitative estimate of drug-likeness (QED) is 0.736. The van der Waals surface area contributed by atoms with Crippen LogP contribution in [-0.4, -0.2) is 31.0 Å². The smallest absolute Gasteiger partial charge is 0.255 e. The molecule has 2 amide bonds. The maximum absolute atomic E-state index is 12.1. The Labute approximate surface area is 117 Å². The first-order valence-electron chi connectivity index (χ1n) is 6.70. The van der Waals surface area contributed by atoms with Crippen molar-refractivity contribution in [2.75, 3.05) is 18.5 Å². The van der Waals surface area contributed by atoms with Crippen LogP contribution >= 0.6 is 0 Å². The monoisotopic (exact) mass is 277 g/mol. The van der Waals surface area contributed by atoms with Crippen LogP contribution in [0, 0.1) is 0 Å². The number of carbonyl (C=O) groups is 2. The summed E-state index contributed by atoms with van der Waals surface area (Å²) < 4.78 is 5.19. The van der Waals surface area contributed by atoms with E-state index in [1.54, 1.807) is 24.3 Å². The van der Waals surface area contributed by atoms with E-state index in [1.165, 1.54) is 0 Å². The molecule has 0 aromatic heterocycles. The van der Waals surface area contributed by atoms with Gasteiger partial charge in [0.05, 0.1) is 6.04 Å². The number of rotatable bonds is 5. The summed E-state index contributed by atoms with van der Waals surface area (Å²) in [5, 5.41) is 6.03. The minimum atomic E-state index is -0.536. The Morgan fingerprint density at radius 1 is 1.40 bits per heavy atom. The first-order valence-corrected chi connectivity index (χ1v) is 6.70. The molecule has 1 aliphatic rings. The predicted octanol–water partition coefficient (Wildman–Crippen LogP) is 0.631. The molecule has 1 atom stereocenters. The van der Waals surface area contributed by atoms with Crippen LogP contribution < -0.4 is 21.1 Å². The van der Waals surface area contributed by atoms with Crippen LogP contribution in [0.15, 0.2) is 24.3 Å². The van der Waals surface area contributed by atoms with Gasteiger partial charge >= 0.3 is 0 Å². The van der Waals surface area contributed by atoms with Gasteiger partial charge in [0.2, 0.25) is 5.91 Å². The lowest BCUT2D eigenvalue weighted by Crippen LogP contribution is -2.43. The number of hydrogen-bond donors (Lipinski definition) is 3. The van der Waals surface area contributed by atoms with Gasteiger partial charge in [-0.2, -0.15) is 0 Å². The summed E-state index contributed by atoms with van der Waals surface area (Å²) in [5.74, 6) is -0.0826. The fourth-order valence-electron chi connectivity index (χ4n) is 2.12. The molecular formula is C14H19N3O3. The largest absolute Gasteiger partial charge is 0.484 e. The normalized spacial score (nSPS) is 18.3. The van der Waals surface area contributed by atoms with E-state index in [1.807, 2.05) is 0 Å². The second-order valence-corrected chi connectivity index (χ2v) is 4.77. The average Bonchev–Trinajstić information content (AvgIpc) is 2.46. The predicted molar refractivity (Wildman–Crippen MR) is 75.4 cm³/mol. The number of amides is 2. The molecule has 6 heteroatoms. The minimum Gasteiger partial charge on any atom is -0.484 e. The summed E-state index contributed by atoms with van der Waals surface area (Å²) in [7, 11) is 0. The molecular weight excluding hydrogens is 258 g/mol. The summed E-state index contributed by atoms with van der Waals surface area (Å²) >= 11 is 0. The van der Waals surface area contributed by atoms with Crippen molar-refractivity contribution in [3.63, 3.8) is 0 Å². The van der Waals surface area contributed by atoms with Crippen molar-refractivity contribution in [3.05, 3.63) is 24.3 Å². The van der Waals surface area contributed by atoms with E-state index in [4.69, 9.17) is 10.5 Å². The van der Waals surface area contributed by atoms with Crippen LogP contribution in [-0.2, 0) is 9.59 Å². The number of anilines is 1. The number of ether oxygens (including phenoxy) is 1. The van der Waals surface area contributed by atoms with E-state index < -0.39 is 5.91 Å². The highest BCUT2D eigenvalue weighted by molar-refractivity contribution is 5.95. The SMILES string of the molecule is NC(=O)COc1cccc(NC(=O)[C@H]2CCCCN2)c1. The molecule has 1 aromatic carbocycles. The van der Waals surface area contributed by atoms with Crippen LogP contribution in [0.25, 0.3) is 0 Å². The molecule has 0 saturated carbocycles. The van der Waals surface area contributed by atoms with Gasteiger partial charge in [0, 0.05) is 11.8 Å². The summed E-state index contributed by atoms with van der Waals surface area (Å²) in [5.41, 5.74) is 5.66. The number of benzene rings is 1. The number of hydrogen-bond acceptors (Lipinski definition) is 4. The second kappa shape index (κ2) is 6.91. The zero-order valence-electron chi connectivity index (χ0n) is 11.2. The lowest BCUT2D eigenvalue weighted by Gasteiger charge is -2.22. The van der Waals surface area contributed by atoms with Crippen molar-refractivity contribution in [1.29, 1.82) is 0 Å². The van der Waals surface area contributed by atoms with Crippen molar-refractivity contribution in [3.8, 4) is 5.75 Å². The maximum atomic E-state index is 12.1. The molecule has 0 bridgehead atoms. The molecule has 1 heterocycles. The molecule has 1 aromatic rings. The number of primary amides is 1. The van der Waals surface area contributed by atoms with Crippen molar-refractivity contribution < 1.29 is 14.3 Å². The van der Waals surface area contributed by atoms with Gasteiger partial charge < -0.3 is 21.1 Å². The van der Waals surface area contributed by atoms with E-state index in [9.17, 15) is 9.59 Å². The summed E-state index contributed by atoms with van der Waals surface area (Å²) in [6.45, 7) is 0.696. The first-order chi connectivity index (χ1) is 9.65. The Kier molecular flexibility index (Phi) is 4.95. The van der Waals surface area contributed by atoms with Gasteiger partial charge in [0.25, 0.3) is 5.91 Å². The highest BCUT2D eigenvalue weighted by Crippen LogP contribution is 2.18. The third kappa shape index (κ3) is 4.24. The standard InChI is InChI=1S/C14H19N3O3/c15-13(18)9-20-11-5-3-4-10(8-11)17-14(19)12-6-1-2-7-16-12/h3-5,8,12,16H,1-2,6-7,9H2,(H2,15,18)(H,17,19)/t12-/m1/s1. The van der Waals surface area contributed by atoms with Gasteiger partial charge in [-0.15, -0.1) is 0 Å². The van der Waals surface area contributed by atoms with Gasteiger partial charge in [-0.25, -0.2) is 0 Å². The third-order valence-electron chi connectivity index (χ3n) is 3.11. The maximum Gasteiger partial charge on any atom is 0.255 e. The Bertz CT molecular complexity index is 484. The zero-order chi connectivity index (χ0) is 14.4. The minimum absolute atomic E-state index is 0.0447. The Balaban J connectivity index is 1.93. The van der Waals surface area contributed by atoms with Gasteiger partial charge in [0.1, 0.15) is 5.75 Å². The molecule has 20 heavy (non-hydrogen) atoms. The molecule has 1 fully saturated rings. The van der Waals surface area contributed by atoms with Gasteiger partial charge in [-0.05, 0) is 31.5 Å². The number of nitrogens with two attached hydrogens (primary N) is 1. The topological polar surface area (TPSA) is 93.5 Å². The molecule has 2 rings (SSSR count). The summed E-state index contributed by atoms with van der Waals surface area (Å²) in [6, 6.07) is 6.76. The van der Waals surface area contributed by atoms with E-state index in [-0.39, 0.29) is 18.6 Å². The van der Waals surface area contributed by atoms with E-state index >= 15 is 0 Å². The molecule has 0 unspecified atom stereocenters. The average molecular weight is 277 g/mol. The molecule has 0 aliphatic carbocycles. The summed E-state index contributed by atoms with van der Waals surface area (Å²) in [6.07, 6.45) is 3.02. The number of carbonyl (C=O) groups excluding carboxylic acids is 2. The fourth-order valence-corrected chi connectivity index (χ4v) is 2.12. The number of nitrogens with one attached hydrogen (secondary N) is 2. The number of piperidine rings is 1. The van der Waals surface area contributed by atoms with Gasteiger partial charge in [-0.3, -0.25) is 9.59 Å². The Morgan fingerprint density at radius 3 is 2.95 bits per heavy atom. The fraction of sp³-hybridized carbons (Fsp3) is 0.429. The molecule has 4 N–H and O–H groups in total. The Morgan fingerprint density at radius 2 is 2.25 bits per heavy atom. The van der Waals surface area contributed by atoms with E-state index in [0.29, 0.717) is 11.4 Å². The Hall–Kier alpha value is -2.08. The molecule has 0 radical (unpaired) electrons. The molecule has 1 aliphatic heterocycles. The molecule has 108 valence electrons. The van der Waals surface area contributed by atoms with Crippen LogP contribution in [0.1, 0.15) is 19.3 Å². The van der Waals surface area contributed by atoms with Crippen molar-refractivity contribution in [2.24, 2.45) is 5.73 Å². The molecule has 0 spiro atoms. The van der Waals surface area contributed by atoms with E-state index in [2.05, 4.69) is 10.6 Å². The highest BCUT2D eigenvalue weighted by Gasteiger charge is 2.20. The lowest BCUT2D eigenvalue weighted by molar-refractivity contribution is -0.120. The zero-order valence-corrected chi connectivity index (χ0v) is 11.2. The lowest BCUT2D eigenvalue weighted by atomic mass is 10.0. The molecule has 1 saturated heterocycles. The van der Waals surface area contributed by atoms with Crippen molar-refractivity contribution in [1.82, 2.24) is 5.32 Å². The third-order valence-corrected chi connectivity index (χ3v) is 3.11. The van der Waals surface area contributed by atoms with Gasteiger partial charge in [0.15, 0.2) is 6.61 Å². The summed E-state index contributed by atoms with van der Waals surface area (Å²) in [4.78, 5) is 22.7. The van der Waals surface area contributed by atoms with Gasteiger partial charge in [-0.1, -0.05) is 12.5 Å². The van der Waals surface area contributed by atoms with Crippen LogP contribution in [0.3, 0.4) is 0 Å². The van der Waals surface area contributed by atoms with Crippen molar-refractivity contribution >= 4 is 17.5 Å². The molecule has 6 nitrogen and oxygen atoms in total. The van der Waals surface area contributed by atoms with E-state index in [0.717, 1.165) is 25.8 Å². The second-order valence-electron chi connectivity index (χ2n) is 4.77. The van der Waals surface area contributed by atoms with Crippen LogP contribution in [0.4, 0.5) is 5.69 Å².